The number of carbonyl (C=O) groups is 1. The lowest BCUT2D eigenvalue weighted by Crippen LogP contribution is -2.31. The standard InChI is InChI=1S/C15H29N5O2/c1-4-6-10-20(11-7-5-2)12-8-9-16-14(21)13-17-15(22)19(3)18-13/h4-12H2,1-3H3,(H,16,21)(H,17,18,22). The van der Waals surface area contributed by atoms with Gasteiger partial charge < -0.3 is 10.2 Å². The third-order valence-electron chi connectivity index (χ3n) is 3.58. The van der Waals surface area contributed by atoms with Gasteiger partial charge in [0.25, 0.3) is 5.91 Å². The van der Waals surface area contributed by atoms with Crippen LogP contribution in [0.4, 0.5) is 0 Å². The molecule has 126 valence electrons. The van der Waals surface area contributed by atoms with E-state index in [0.717, 1.165) is 30.7 Å². The van der Waals surface area contributed by atoms with Gasteiger partial charge in [0, 0.05) is 13.6 Å². The van der Waals surface area contributed by atoms with Crippen molar-refractivity contribution in [2.45, 2.75) is 46.0 Å². The van der Waals surface area contributed by atoms with Gasteiger partial charge in [-0.3, -0.25) is 9.78 Å². The summed E-state index contributed by atoms with van der Waals surface area (Å²) in [7, 11) is 1.51. The average molecular weight is 311 g/mol. The zero-order valence-electron chi connectivity index (χ0n) is 14.0. The lowest BCUT2D eigenvalue weighted by atomic mass is 10.2. The Hall–Kier alpha value is -1.63. The first-order chi connectivity index (χ1) is 10.6. The normalized spacial score (nSPS) is 11.1. The van der Waals surface area contributed by atoms with E-state index in [9.17, 15) is 9.59 Å². The van der Waals surface area contributed by atoms with E-state index < -0.39 is 0 Å². The Bertz CT molecular complexity index is 486. The van der Waals surface area contributed by atoms with Crippen molar-refractivity contribution in [3.63, 3.8) is 0 Å². The smallest absolute Gasteiger partial charge is 0.343 e. The van der Waals surface area contributed by atoms with Crippen LogP contribution in [0, 0.1) is 0 Å². The van der Waals surface area contributed by atoms with Crippen LogP contribution >= 0.6 is 0 Å². The molecule has 0 aliphatic rings. The van der Waals surface area contributed by atoms with Crippen LogP contribution in [0.5, 0.6) is 0 Å². The lowest BCUT2D eigenvalue weighted by molar-refractivity contribution is 0.0941. The summed E-state index contributed by atoms with van der Waals surface area (Å²) < 4.78 is 1.12. The molecule has 0 unspecified atom stereocenters. The number of hydrogen-bond acceptors (Lipinski definition) is 4. The van der Waals surface area contributed by atoms with Gasteiger partial charge in [-0.1, -0.05) is 26.7 Å². The van der Waals surface area contributed by atoms with E-state index in [2.05, 4.69) is 34.1 Å². The third kappa shape index (κ3) is 6.43. The van der Waals surface area contributed by atoms with Crippen LogP contribution in [-0.2, 0) is 7.05 Å². The molecule has 0 radical (unpaired) electrons. The molecule has 0 aromatic carbocycles. The molecule has 0 bridgehead atoms. The number of aromatic nitrogens is 3. The highest BCUT2D eigenvalue weighted by Crippen LogP contribution is 2.00. The molecule has 22 heavy (non-hydrogen) atoms. The largest absolute Gasteiger partial charge is 0.349 e. The number of nitrogens with zero attached hydrogens (tertiary/aromatic N) is 3. The summed E-state index contributed by atoms with van der Waals surface area (Å²) in [5, 5.41) is 6.63. The first kappa shape index (κ1) is 18.4. The van der Waals surface area contributed by atoms with Gasteiger partial charge in [-0.15, -0.1) is 5.10 Å². The van der Waals surface area contributed by atoms with E-state index in [1.807, 2.05) is 0 Å². The summed E-state index contributed by atoms with van der Waals surface area (Å²) >= 11 is 0. The van der Waals surface area contributed by atoms with E-state index in [-0.39, 0.29) is 17.4 Å². The lowest BCUT2D eigenvalue weighted by Gasteiger charge is -2.21. The van der Waals surface area contributed by atoms with Crippen molar-refractivity contribution in [3.05, 3.63) is 16.3 Å². The molecule has 0 aliphatic heterocycles. The number of nitrogens with one attached hydrogen (secondary N) is 2. The zero-order chi connectivity index (χ0) is 16.4. The Balaban J connectivity index is 2.29. The highest BCUT2D eigenvalue weighted by Gasteiger charge is 2.11. The predicted molar refractivity (Wildman–Crippen MR) is 87.0 cm³/mol. The molecule has 0 saturated heterocycles. The Morgan fingerprint density at radius 3 is 2.27 bits per heavy atom. The van der Waals surface area contributed by atoms with Crippen molar-refractivity contribution >= 4 is 5.91 Å². The van der Waals surface area contributed by atoms with Crippen LogP contribution in [0.15, 0.2) is 4.79 Å². The molecule has 7 heteroatoms. The fourth-order valence-electron chi connectivity index (χ4n) is 2.19. The molecular weight excluding hydrogens is 282 g/mol. The second-order valence-electron chi connectivity index (χ2n) is 5.56. The molecular formula is C15H29N5O2. The van der Waals surface area contributed by atoms with Gasteiger partial charge in [-0.05, 0) is 38.9 Å². The minimum Gasteiger partial charge on any atom is -0.349 e. The molecule has 1 aromatic rings. The Morgan fingerprint density at radius 1 is 1.18 bits per heavy atom. The van der Waals surface area contributed by atoms with Crippen molar-refractivity contribution in [1.29, 1.82) is 0 Å². The van der Waals surface area contributed by atoms with Crippen molar-refractivity contribution in [2.24, 2.45) is 7.05 Å². The molecule has 1 amide bonds. The third-order valence-corrected chi connectivity index (χ3v) is 3.58. The summed E-state index contributed by atoms with van der Waals surface area (Å²) in [5.74, 6) is -0.257. The fourth-order valence-corrected chi connectivity index (χ4v) is 2.19. The number of aromatic amines is 1. The molecule has 7 nitrogen and oxygen atoms in total. The Morgan fingerprint density at radius 2 is 1.77 bits per heavy atom. The monoisotopic (exact) mass is 311 g/mol. The van der Waals surface area contributed by atoms with Crippen LogP contribution in [0.25, 0.3) is 0 Å². The van der Waals surface area contributed by atoms with Gasteiger partial charge in [0.05, 0.1) is 0 Å². The highest BCUT2D eigenvalue weighted by molar-refractivity contribution is 5.90. The number of rotatable bonds is 11. The van der Waals surface area contributed by atoms with Crippen LogP contribution < -0.4 is 11.0 Å². The van der Waals surface area contributed by atoms with Crippen LogP contribution in [0.3, 0.4) is 0 Å². The van der Waals surface area contributed by atoms with Gasteiger partial charge >= 0.3 is 5.69 Å². The van der Waals surface area contributed by atoms with Crippen LogP contribution in [0.2, 0.25) is 0 Å². The Labute approximate surface area is 132 Å². The second-order valence-corrected chi connectivity index (χ2v) is 5.56. The van der Waals surface area contributed by atoms with Crippen LogP contribution in [-0.4, -0.2) is 51.8 Å². The maximum atomic E-state index is 11.8. The molecule has 1 rings (SSSR count). The Kier molecular flexibility index (Phi) is 8.50. The fraction of sp³-hybridized carbons (Fsp3) is 0.800. The van der Waals surface area contributed by atoms with E-state index in [1.165, 1.54) is 32.7 Å². The van der Waals surface area contributed by atoms with Gasteiger partial charge in [-0.2, -0.15) is 0 Å². The SMILES string of the molecule is CCCCN(CCCC)CCCNC(=O)c1nn(C)c(=O)[nH]1. The number of carbonyl (C=O) groups excluding carboxylic acids is 1. The molecule has 0 spiro atoms. The summed E-state index contributed by atoms with van der Waals surface area (Å²) in [6, 6.07) is 0. The van der Waals surface area contributed by atoms with Crippen molar-refractivity contribution in [2.75, 3.05) is 26.2 Å². The summed E-state index contributed by atoms with van der Waals surface area (Å²) in [6.45, 7) is 8.22. The summed E-state index contributed by atoms with van der Waals surface area (Å²) in [4.78, 5) is 27.9. The van der Waals surface area contributed by atoms with Gasteiger partial charge in [0.15, 0.2) is 0 Å². The van der Waals surface area contributed by atoms with E-state index >= 15 is 0 Å². The van der Waals surface area contributed by atoms with Crippen molar-refractivity contribution in [3.8, 4) is 0 Å². The minimum atomic E-state index is -0.379. The average Bonchev–Trinajstić information content (AvgIpc) is 2.85. The summed E-state index contributed by atoms with van der Waals surface area (Å²) in [5.41, 5.74) is -0.379. The highest BCUT2D eigenvalue weighted by atomic mass is 16.2. The maximum absolute atomic E-state index is 11.8. The maximum Gasteiger partial charge on any atom is 0.343 e. The molecule has 2 N–H and O–H groups in total. The van der Waals surface area contributed by atoms with Gasteiger partial charge in [-0.25, -0.2) is 9.48 Å². The van der Waals surface area contributed by atoms with Crippen molar-refractivity contribution in [1.82, 2.24) is 25.0 Å². The van der Waals surface area contributed by atoms with Gasteiger partial charge in [0.1, 0.15) is 0 Å². The zero-order valence-corrected chi connectivity index (χ0v) is 14.0. The van der Waals surface area contributed by atoms with E-state index in [4.69, 9.17) is 0 Å². The predicted octanol–water partition coefficient (Wildman–Crippen LogP) is 1.13. The topological polar surface area (TPSA) is 83.0 Å². The number of aryl methyl sites for hydroxylation is 1. The van der Waals surface area contributed by atoms with E-state index in [1.54, 1.807) is 0 Å². The second kappa shape index (κ2) is 10.2. The quantitative estimate of drug-likeness (QED) is 0.600. The summed E-state index contributed by atoms with van der Waals surface area (Å²) in [6.07, 6.45) is 5.73. The molecule has 0 aliphatic carbocycles. The number of H-pyrrole nitrogens is 1. The molecule has 0 fully saturated rings. The molecule has 0 saturated carbocycles. The van der Waals surface area contributed by atoms with Crippen LogP contribution in [0.1, 0.15) is 56.6 Å². The molecule has 1 heterocycles. The number of amides is 1. The van der Waals surface area contributed by atoms with Crippen molar-refractivity contribution < 1.29 is 4.79 Å². The first-order valence-corrected chi connectivity index (χ1v) is 8.22. The van der Waals surface area contributed by atoms with Gasteiger partial charge in [0.2, 0.25) is 5.82 Å². The first-order valence-electron chi connectivity index (χ1n) is 8.22. The molecule has 1 aromatic heterocycles. The van der Waals surface area contributed by atoms with E-state index in [0.29, 0.717) is 6.54 Å². The minimum absolute atomic E-state index is 0.0707. The number of unbranched alkanes of at least 4 members (excludes halogenated alkanes) is 2. The molecule has 0 atom stereocenters. The number of hydrogen-bond donors (Lipinski definition) is 2.